The maximum absolute atomic E-state index is 13.2. The summed E-state index contributed by atoms with van der Waals surface area (Å²) in [7, 11) is 0. The van der Waals surface area contributed by atoms with E-state index in [1.807, 2.05) is 54.6 Å². The monoisotopic (exact) mass is 370 g/mol. The second-order valence-electron chi connectivity index (χ2n) is 6.64. The average molecular weight is 370 g/mol. The summed E-state index contributed by atoms with van der Waals surface area (Å²) >= 11 is 0. The van der Waals surface area contributed by atoms with Gasteiger partial charge in [-0.3, -0.25) is 14.9 Å². The number of nitro groups is 1. The molecule has 5 nitrogen and oxygen atoms in total. The van der Waals surface area contributed by atoms with Gasteiger partial charge < -0.3 is 4.98 Å². The number of hydrogen-bond acceptors (Lipinski definition) is 3. The number of benzene rings is 3. The molecular formula is C23H18N2O3. The van der Waals surface area contributed by atoms with Crippen LogP contribution in [0.1, 0.15) is 27.4 Å². The van der Waals surface area contributed by atoms with Crippen LogP contribution in [0.5, 0.6) is 0 Å². The third-order valence-corrected chi connectivity index (χ3v) is 4.98. The van der Waals surface area contributed by atoms with Crippen molar-refractivity contribution < 1.29 is 9.72 Å². The van der Waals surface area contributed by atoms with Gasteiger partial charge in [0.15, 0.2) is 0 Å². The number of fused-ring (bicyclic) bond motifs is 1. The Balaban J connectivity index is 1.91. The minimum absolute atomic E-state index is 0.338. The smallest absolute Gasteiger partial charge is 0.285 e. The van der Waals surface area contributed by atoms with E-state index in [1.165, 1.54) is 0 Å². The lowest BCUT2D eigenvalue weighted by molar-refractivity contribution is -0.507. The number of hydrogen-bond donors (Lipinski definition) is 1. The molecule has 4 aromatic rings. The van der Waals surface area contributed by atoms with Gasteiger partial charge in [0.25, 0.3) is 6.04 Å². The Hall–Kier alpha value is -3.73. The lowest BCUT2D eigenvalue weighted by atomic mass is 9.82. The fraction of sp³-hybridized carbons (Fsp3) is 0.0870. The first-order valence-corrected chi connectivity index (χ1v) is 9.00. The predicted octanol–water partition coefficient (Wildman–Crippen LogP) is 4.83. The minimum atomic E-state index is -1.43. The standard InChI is InChI=1S/C23H18N2O3/c26-23(17-11-5-2-6-12-17)22(25(27)28)21(16-9-3-1-4-10-16)19-15-24-20-14-8-7-13-18(19)20/h1-15,21-22,24H/t21-,22-/m1/s1. The molecule has 1 heterocycles. The Morgan fingerprint density at radius 1 is 0.857 bits per heavy atom. The van der Waals surface area contributed by atoms with E-state index < -0.39 is 22.7 Å². The van der Waals surface area contributed by atoms with Gasteiger partial charge in [0, 0.05) is 27.6 Å². The number of carbonyl (C=O) groups excluding carboxylic acids is 1. The normalized spacial score (nSPS) is 13.1. The molecule has 2 atom stereocenters. The van der Waals surface area contributed by atoms with Crippen LogP contribution in [0.3, 0.4) is 0 Å². The zero-order chi connectivity index (χ0) is 19.5. The Morgan fingerprint density at radius 3 is 2.14 bits per heavy atom. The van der Waals surface area contributed by atoms with Crippen LogP contribution in [0.25, 0.3) is 10.9 Å². The third kappa shape index (κ3) is 3.18. The minimum Gasteiger partial charge on any atom is -0.361 e. The van der Waals surface area contributed by atoms with E-state index in [0.717, 1.165) is 22.0 Å². The van der Waals surface area contributed by atoms with Crippen LogP contribution >= 0.6 is 0 Å². The maximum atomic E-state index is 13.2. The molecule has 0 amide bonds. The van der Waals surface area contributed by atoms with Gasteiger partial charge in [-0.1, -0.05) is 78.9 Å². The molecule has 138 valence electrons. The van der Waals surface area contributed by atoms with Crippen molar-refractivity contribution in [3.05, 3.63) is 118 Å². The van der Waals surface area contributed by atoms with Crippen molar-refractivity contribution >= 4 is 16.7 Å². The summed E-state index contributed by atoms with van der Waals surface area (Å²) in [5, 5.41) is 13.0. The summed E-state index contributed by atoms with van der Waals surface area (Å²) < 4.78 is 0. The number of nitrogens with one attached hydrogen (secondary N) is 1. The zero-order valence-corrected chi connectivity index (χ0v) is 15.0. The van der Waals surface area contributed by atoms with E-state index in [2.05, 4.69) is 4.98 Å². The summed E-state index contributed by atoms with van der Waals surface area (Å²) in [6.45, 7) is 0. The van der Waals surface area contributed by atoms with Gasteiger partial charge in [-0.25, -0.2) is 0 Å². The van der Waals surface area contributed by atoms with Crippen molar-refractivity contribution in [3.63, 3.8) is 0 Å². The van der Waals surface area contributed by atoms with E-state index in [9.17, 15) is 14.9 Å². The van der Waals surface area contributed by atoms with Gasteiger partial charge in [0.2, 0.25) is 5.78 Å². The second-order valence-corrected chi connectivity index (χ2v) is 6.64. The SMILES string of the molecule is O=C(c1ccccc1)[C@@H]([C@H](c1ccccc1)c1c[nH]c2ccccc12)[N+](=O)[O-]. The molecule has 0 spiro atoms. The molecule has 28 heavy (non-hydrogen) atoms. The number of aromatic amines is 1. The van der Waals surface area contributed by atoms with Crippen molar-refractivity contribution in [1.29, 1.82) is 0 Å². The van der Waals surface area contributed by atoms with Crippen LogP contribution in [0.15, 0.2) is 91.1 Å². The van der Waals surface area contributed by atoms with Gasteiger partial charge in [-0.15, -0.1) is 0 Å². The van der Waals surface area contributed by atoms with Crippen molar-refractivity contribution in [3.8, 4) is 0 Å². The van der Waals surface area contributed by atoms with Crippen molar-refractivity contribution in [2.75, 3.05) is 0 Å². The highest BCUT2D eigenvalue weighted by atomic mass is 16.6. The molecule has 0 saturated heterocycles. The first-order valence-electron chi connectivity index (χ1n) is 9.00. The topological polar surface area (TPSA) is 76.0 Å². The van der Waals surface area contributed by atoms with Gasteiger partial charge >= 0.3 is 0 Å². The predicted molar refractivity (Wildman–Crippen MR) is 108 cm³/mol. The van der Waals surface area contributed by atoms with Crippen molar-refractivity contribution in [2.45, 2.75) is 12.0 Å². The van der Waals surface area contributed by atoms with Gasteiger partial charge in [-0.2, -0.15) is 0 Å². The lowest BCUT2D eigenvalue weighted by Gasteiger charge is -2.20. The van der Waals surface area contributed by atoms with Crippen LogP contribution < -0.4 is 0 Å². The Morgan fingerprint density at radius 2 is 1.46 bits per heavy atom. The van der Waals surface area contributed by atoms with Crippen molar-refractivity contribution in [1.82, 2.24) is 4.98 Å². The fourth-order valence-corrected chi connectivity index (χ4v) is 3.69. The maximum Gasteiger partial charge on any atom is 0.285 e. The quantitative estimate of drug-likeness (QED) is 0.300. The number of nitrogens with zero attached hydrogens (tertiary/aromatic N) is 1. The molecule has 0 bridgehead atoms. The number of rotatable bonds is 6. The summed E-state index contributed by atoms with van der Waals surface area (Å²) in [6, 6.07) is 23.9. The van der Waals surface area contributed by atoms with Crippen LogP contribution in [-0.4, -0.2) is 21.7 Å². The van der Waals surface area contributed by atoms with E-state index in [4.69, 9.17) is 0 Å². The molecule has 5 heteroatoms. The zero-order valence-electron chi connectivity index (χ0n) is 15.0. The van der Waals surface area contributed by atoms with Gasteiger partial charge in [0.05, 0.1) is 5.92 Å². The number of H-pyrrole nitrogens is 1. The number of Topliss-reactive ketones (excluding diaryl/α,β-unsaturated/α-hetero) is 1. The van der Waals surface area contributed by atoms with E-state index in [0.29, 0.717) is 5.56 Å². The van der Waals surface area contributed by atoms with Crippen LogP contribution in [0.4, 0.5) is 0 Å². The highest BCUT2D eigenvalue weighted by molar-refractivity contribution is 6.00. The Kier molecular flexibility index (Phi) is 4.72. The molecule has 1 N–H and O–H groups in total. The fourth-order valence-electron chi connectivity index (χ4n) is 3.69. The molecular weight excluding hydrogens is 352 g/mol. The average Bonchev–Trinajstić information content (AvgIpc) is 3.16. The first kappa shape index (κ1) is 17.7. The summed E-state index contributed by atoms with van der Waals surface area (Å²) in [6.07, 6.45) is 1.77. The molecule has 0 aliphatic heterocycles. The highest BCUT2D eigenvalue weighted by Crippen LogP contribution is 2.35. The molecule has 0 aliphatic rings. The number of aromatic nitrogens is 1. The molecule has 0 fully saturated rings. The molecule has 3 aromatic carbocycles. The van der Waals surface area contributed by atoms with E-state index >= 15 is 0 Å². The Bertz CT molecular complexity index is 1120. The van der Waals surface area contributed by atoms with Crippen LogP contribution in [0.2, 0.25) is 0 Å². The van der Waals surface area contributed by atoms with Crippen LogP contribution in [-0.2, 0) is 0 Å². The Labute approximate surface area is 161 Å². The number of para-hydroxylation sites is 1. The lowest BCUT2D eigenvalue weighted by Crippen LogP contribution is -2.36. The molecule has 0 aliphatic carbocycles. The van der Waals surface area contributed by atoms with Gasteiger partial charge in [-0.05, 0) is 17.2 Å². The summed E-state index contributed by atoms with van der Waals surface area (Å²) in [5.74, 6) is -1.20. The van der Waals surface area contributed by atoms with Crippen molar-refractivity contribution in [2.24, 2.45) is 0 Å². The summed E-state index contributed by atoms with van der Waals surface area (Å²) in [5.41, 5.74) is 2.70. The molecule has 0 unspecified atom stereocenters. The second kappa shape index (κ2) is 7.48. The highest BCUT2D eigenvalue weighted by Gasteiger charge is 2.42. The molecule has 0 saturated carbocycles. The van der Waals surface area contributed by atoms with Gasteiger partial charge in [0.1, 0.15) is 0 Å². The molecule has 0 radical (unpaired) electrons. The summed E-state index contributed by atoms with van der Waals surface area (Å²) in [4.78, 5) is 28.0. The number of ketones is 1. The molecule has 4 rings (SSSR count). The largest absolute Gasteiger partial charge is 0.361 e. The molecule has 1 aromatic heterocycles. The first-order chi connectivity index (χ1) is 13.7. The van der Waals surface area contributed by atoms with E-state index in [-0.39, 0.29) is 0 Å². The van der Waals surface area contributed by atoms with E-state index in [1.54, 1.807) is 36.5 Å². The number of carbonyl (C=O) groups is 1. The van der Waals surface area contributed by atoms with Crippen LogP contribution in [0, 0.1) is 10.1 Å². The third-order valence-electron chi connectivity index (χ3n) is 4.98.